The SMILES string of the molecule is CC(Br)c1cc(Cl)cc(-c2ccc(C#N)cc2)c1. The summed E-state index contributed by atoms with van der Waals surface area (Å²) in [6.07, 6.45) is 0. The summed E-state index contributed by atoms with van der Waals surface area (Å²) in [7, 11) is 0. The molecule has 0 bridgehead atoms. The Kier molecular flexibility index (Phi) is 4.06. The molecular weight excluding hydrogens is 310 g/mol. The van der Waals surface area contributed by atoms with Crippen molar-refractivity contribution in [3.63, 3.8) is 0 Å². The van der Waals surface area contributed by atoms with Gasteiger partial charge in [0.15, 0.2) is 0 Å². The number of hydrogen-bond donors (Lipinski definition) is 0. The van der Waals surface area contributed by atoms with Crippen LogP contribution in [-0.2, 0) is 0 Å². The molecule has 1 unspecified atom stereocenters. The zero-order chi connectivity index (χ0) is 13.1. The van der Waals surface area contributed by atoms with Crippen LogP contribution in [0, 0.1) is 11.3 Å². The van der Waals surface area contributed by atoms with E-state index in [0.717, 1.165) is 21.7 Å². The maximum Gasteiger partial charge on any atom is 0.0991 e. The van der Waals surface area contributed by atoms with Gasteiger partial charge in [0.1, 0.15) is 0 Å². The first-order valence-corrected chi connectivity index (χ1v) is 6.84. The van der Waals surface area contributed by atoms with Crippen LogP contribution in [0.4, 0.5) is 0 Å². The van der Waals surface area contributed by atoms with Crippen molar-refractivity contribution in [3.05, 3.63) is 58.6 Å². The lowest BCUT2D eigenvalue weighted by atomic mass is 10.0. The summed E-state index contributed by atoms with van der Waals surface area (Å²) in [6, 6.07) is 15.6. The summed E-state index contributed by atoms with van der Waals surface area (Å²) in [6.45, 7) is 2.06. The Hall–Kier alpha value is -1.30. The van der Waals surface area contributed by atoms with E-state index in [1.165, 1.54) is 0 Å². The van der Waals surface area contributed by atoms with Gasteiger partial charge in [0.05, 0.1) is 11.6 Å². The van der Waals surface area contributed by atoms with E-state index in [9.17, 15) is 0 Å². The number of nitriles is 1. The molecule has 18 heavy (non-hydrogen) atoms. The number of hydrogen-bond acceptors (Lipinski definition) is 1. The largest absolute Gasteiger partial charge is 0.192 e. The minimum atomic E-state index is 0.258. The minimum Gasteiger partial charge on any atom is -0.192 e. The molecule has 0 heterocycles. The van der Waals surface area contributed by atoms with Crippen molar-refractivity contribution in [1.29, 1.82) is 5.26 Å². The molecule has 0 N–H and O–H groups in total. The predicted octanol–water partition coefficient (Wildman–Crippen LogP) is 5.33. The molecule has 0 amide bonds. The van der Waals surface area contributed by atoms with Crippen molar-refractivity contribution in [2.75, 3.05) is 0 Å². The zero-order valence-electron chi connectivity index (χ0n) is 9.82. The first-order chi connectivity index (χ1) is 8.60. The third-order valence-electron chi connectivity index (χ3n) is 2.73. The van der Waals surface area contributed by atoms with Crippen molar-refractivity contribution >= 4 is 27.5 Å². The number of halogens is 2. The highest BCUT2D eigenvalue weighted by Gasteiger charge is 2.06. The average Bonchev–Trinajstić information content (AvgIpc) is 2.38. The number of benzene rings is 2. The maximum atomic E-state index is 8.78. The second kappa shape index (κ2) is 5.56. The van der Waals surface area contributed by atoms with Crippen molar-refractivity contribution in [2.24, 2.45) is 0 Å². The van der Waals surface area contributed by atoms with Crippen LogP contribution in [0.3, 0.4) is 0 Å². The third-order valence-corrected chi connectivity index (χ3v) is 3.47. The van der Waals surface area contributed by atoms with Crippen LogP contribution in [0.2, 0.25) is 5.02 Å². The lowest BCUT2D eigenvalue weighted by Gasteiger charge is -2.09. The van der Waals surface area contributed by atoms with Gasteiger partial charge in [0, 0.05) is 9.85 Å². The fraction of sp³-hybridized carbons (Fsp3) is 0.133. The first kappa shape index (κ1) is 13.1. The average molecular weight is 321 g/mol. The lowest BCUT2D eigenvalue weighted by Crippen LogP contribution is -1.86. The van der Waals surface area contributed by atoms with E-state index in [2.05, 4.69) is 35.0 Å². The predicted molar refractivity (Wildman–Crippen MR) is 78.9 cm³/mol. The molecule has 1 nitrogen and oxygen atoms in total. The van der Waals surface area contributed by atoms with Crippen LogP contribution in [0.25, 0.3) is 11.1 Å². The van der Waals surface area contributed by atoms with E-state index in [1.807, 2.05) is 36.4 Å². The van der Waals surface area contributed by atoms with Crippen LogP contribution in [-0.4, -0.2) is 0 Å². The highest BCUT2D eigenvalue weighted by molar-refractivity contribution is 9.09. The topological polar surface area (TPSA) is 23.8 Å². The van der Waals surface area contributed by atoms with Crippen LogP contribution in [0.15, 0.2) is 42.5 Å². The molecule has 0 aliphatic carbocycles. The Labute approximate surface area is 120 Å². The van der Waals surface area contributed by atoms with Gasteiger partial charge in [-0.1, -0.05) is 39.7 Å². The van der Waals surface area contributed by atoms with Crippen LogP contribution >= 0.6 is 27.5 Å². The molecule has 0 fully saturated rings. The summed E-state index contributed by atoms with van der Waals surface area (Å²) in [5, 5.41) is 9.50. The van der Waals surface area contributed by atoms with E-state index in [0.29, 0.717) is 5.56 Å². The maximum absolute atomic E-state index is 8.78. The zero-order valence-corrected chi connectivity index (χ0v) is 12.2. The molecule has 0 saturated carbocycles. The van der Waals surface area contributed by atoms with Gasteiger partial charge >= 0.3 is 0 Å². The smallest absolute Gasteiger partial charge is 0.0991 e. The van der Waals surface area contributed by atoms with Gasteiger partial charge in [-0.05, 0) is 53.9 Å². The first-order valence-electron chi connectivity index (χ1n) is 5.55. The summed E-state index contributed by atoms with van der Waals surface area (Å²) < 4.78 is 0. The Morgan fingerprint density at radius 1 is 1.11 bits per heavy atom. The quantitative estimate of drug-likeness (QED) is 0.686. The minimum absolute atomic E-state index is 0.258. The molecule has 0 aromatic heterocycles. The standard InChI is InChI=1S/C15H11BrClN/c1-10(16)13-6-14(8-15(17)7-13)12-4-2-11(9-18)3-5-12/h2-8,10H,1H3. The molecule has 0 aliphatic heterocycles. The Bertz CT molecular complexity index is 597. The monoisotopic (exact) mass is 319 g/mol. The van der Waals surface area contributed by atoms with Gasteiger partial charge in [0.25, 0.3) is 0 Å². The molecule has 3 heteroatoms. The second-order valence-electron chi connectivity index (χ2n) is 4.08. The number of nitrogens with zero attached hydrogens (tertiary/aromatic N) is 1. The second-order valence-corrected chi connectivity index (χ2v) is 5.89. The molecule has 0 aliphatic rings. The Balaban J connectivity index is 2.46. The van der Waals surface area contributed by atoms with Crippen molar-refractivity contribution in [3.8, 4) is 17.2 Å². The van der Waals surface area contributed by atoms with E-state index >= 15 is 0 Å². The van der Waals surface area contributed by atoms with E-state index in [4.69, 9.17) is 16.9 Å². The van der Waals surface area contributed by atoms with Gasteiger partial charge < -0.3 is 0 Å². The Morgan fingerprint density at radius 2 is 1.78 bits per heavy atom. The molecule has 0 spiro atoms. The molecule has 0 saturated heterocycles. The van der Waals surface area contributed by atoms with Crippen LogP contribution in [0.1, 0.15) is 22.9 Å². The molecule has 90 valence electrons. The molecule has 2 aromatic rings. The third kappa shape index (κ3) is 2.93. The van der Waals surface area contributed by atoms with Gasteiger partial charge in [-0.2, -0.15) is 5.26 Å². The summed E-state index contributed by atoms with van der Waals surface area (Å²) in [5.41, 5.74) is 3.93. The molecule has 2 rings (SSSR count). The highest BCUT2D eigenvalue weighted by Crippen LogP contribution is 2.30. The molecular formula is C15H11BrClN. The van der Waals surface area contributed by atoms with Crippen molar-refractivity contribution in [2.45, 2.75) is 11.8 Å². The number of rotatable bonds is 2. The fourth-order valence-electron chi connectivity index (χ4n) is 1.75. The lowest BCUT2D eigenvalue weighted by molar-refractivity contribution is 1.12. The van der Waals surface area contributed by atoms with Crippen LogP contribution < -0.4 is 0 Å². The van der Waals surface area contributed by atoms with Crippen molar-refractivity contribution < 1.29 is 0 Å². The van der Waals surface area contributed by atoms with Crippen molar-refractivity contribution in [1.82, 2.24) is 0 Å². The summed E-state index contributed by atoms with van der Waals surface area (Å²) in [5.74, 6) is 0. The Morgan fingerprint density at radius 3 is 2.33 bits per heavy atom. The van der Waals surface area contributed by atoms with E-state index < -0.39 is 0 Å². The highest BCUT2D eigenvalue weighted by atomic mass is 79.9. The van der Waals surface area contributed by atoms with Gasteiger partial charge in [-0.25, -0.2) is 0 Å². The van der Waals surface area contributed by atoms with E-state index in [1.54, 1.807) is 0 Å². The fourth-order valence-corrected chi connectivity index (χ4v) is 2.25. The van der Waals surface area contributed by atoms with Gasteiger partial charge in [-0.3, -0.25) is 0 Å². The van der Waals surface area contributed by atoms with Gasteiger partial charge in [0.2, 0.25) is 0 Å². The van der Waals surface area contributed by atoms with Crippen LogP contribution in [0.5, 0.6) is 0 Å². The van der Waals surface area contributed by atoms with Gasteiger partial charge in [-0.15, -0.1) is 0 Å². The molecule has 2 aromatic carbocycles. The normalized spacial score (nSPS) is 11.9. The summed E-state index contributed by atoms with van der Waals surface area (Å²) >= 11 is 9.67. The van der Waals surface area contributed by atoms with E-state index in [-0.39, 0.29) is 4.83 Å². The number of alkyl halides is 1. The molecule has 1 atom stereocenters. The molecule has 0 radical (unpaired) electrons. The summed E-state index contributed by atoms with van der Waals surface area (Å²) in [4.78, 5) is 0.258.